The molecule has 0 N–H and O–H groups in total. The molecule has 4 saturated carbocycles. The normalized spacial score (nSPS) is 40.5. The molecule has 11 unspecified atom stereocenters. The lowest BCUT2D eigenvalue weighted by Crippen LogP contribution is -2.60. The third-order valence-electron chi connectivity index (χ3n) is 11.9. The van der Waals surface area contributed by atoms with E-state index in [0.29, 0.717) is 52.6 Å². The SMILES string of the molecule is COC(=O)C(CC(C)C1CCC2C3C(O[Si](C)(C)C)CC4CC(O[Si](C)(C)C)CCC4(C)C3CCC12C)O[Si](C)(C)C. The summed E-state index contributed by atoms with van der Waals surface area (Å²) in [4.78, 5) is 12.8. The highest BCUT2D eigenvalue weighted by atomic mass is 28.4. The van der Waals surface area contributed by atoms with Crippen LogP contribution in [0.25, 0.3) is 0 Å². The molecule has 42 heavy (non-hydrogen) atoms. The lowest BCUT2D eigenvalue weighted by Gasteiger charge is -2.64. The molecule has 0 aromatic heterocycles. The maximum absolute atomic E-state index is 12.8. The zero-order valence-electron chi connectivity index (χ0n) is 29.6. The van der Waals surface area contributed by atoms with Gasteiger partial charge in [0, 0.05) is 12.2 Å². The van der Waals surface area contributed by atoms with Crippen LogP contribution in [0.4, 0.5) is 0 Å². The van der Waals surface area contributed by atoms with Crippen LogP contribution in [0.2, 0.25) is 58.9 Å². The summed E-state index contributed by atoms with van der Waals surface area (Å²) in [5, 5.41) is 0. The molecule has 8 heteroatoms. The molecule has 4 fully saturated rings. The van der Waals surface area contributed by atoms with Gasteiger partial charge in [-0.1, -0.05) is 20.8 Å². The van der Waals surface area contributed by atoms with Crippen LogP contribution in [-0.2, 0) is 22.8 Å². The van der Waals surface area contributed by atoms with Gasteiger partial charge in [-0.3, -0.25) is 0 Å². The van der Waals surface area contributed by atoms with E-state index in [2.05, 4.69) is 79.7 Å². The van der Waals surface area contributed by atoms with Crippen molar-refractivity contribution in [3.8, 4) is 0 Å². The van der Waals surface area contributed by atoms with E-state index in [1.165, 1.54) is 58.5 Å². The van der Waals surface area contributed by atoms with Crippen molar-refractivity contribution in [3.63, 3.8) is 0 Å². The Kier molecular flexibility index (Phi) is 10.2. The Morgan fingerprint density at radius 1 is 0.786 bits per heavy atom. The smallest absolute Gasteiger partial charge is 0.333 e. The minimum absolute atomic E-state index is 0.198. The van der Waals surface area contributed by atoms with Crippen LogP contribution < -0.4 is 0 Å². The average Bonchev–Trinajstić information content (AvgIpc) is 3.18. The maximum Gasteiger partial charge on any atom is 0.333 e. The Labute approximate surface area is 262 Å². The first-order valence-corrected chi connectivity index (χ1v) is 27.5. The fraction of sp³-hybridized carbons (Fsp3) is 0.971. The molecule has 0 aromatic carbocycles. The summed E-state index contributed by atoms with van der Waals surface area (Å²) < 4.78 is 25.6. The average molecular weight is 639 g/mol. The Morgan fingerprint density at radius 2 is 1.38 bits per heavy atom. The minimum atomic E-state index is -1.88. The van der Waals surface area contributed by atoms with Crippen LogP contribution in [0.15, 0.2) is 0 Å². The highest BCUT2D eigenvalue weighted by molar-refractivity contribution is 6.70. The summed E-state index contributed by atoms with van der Waals surface area (Å²) in [6.45, 7) is 28.4. The van der Waals surface area contributed by atoms with Crippen molar-refractivity contribution in [3.05, 3.63) is 0 Å². The van der Waals surface area contributed by atoms with Gasteiger partial charge in [0.25, 0.3) is 0 Å². The first-order chi connectivity index (χ1) is 19.2. The summed E-state index contributed by atoms with van der Waals surface area (Å²) in [6.07, 6.45) is 11.3. The largest absolute Gasteiger partial charge is 0.467 e. The van der Waals surface area contributed by atoms with E-state index in [9.17, 15) is 4.79 Å². The number of carbonyl (C=O) groups excluding carboxylic acids is 1. The van der Waals surface area contributed by atoms with E-state index in [0.717, 1.165) is 12.3 Å². The molecule has 0 aromatic rings. The van der Waals surface area contributed by atoms with Gasteiger partial charge in [-0.05, 0) is 163 Å². The molecule has 0 aliphatic heterocycles. The molecule has 4 aliphatic carbocycles. The van der Waals surface area contributed by atoms with Crippen molar-refractivity contribution in [2.45, 2.75) is 156 Å². The van der Waals surface area contributed by atoms with Gasteiger partial charge in [0.2, 0.25) is 0 Å². The Hall–Kier alpha value is 0.000649. The number of hydrogen-bond acceptors (Lipinski definition) is 5. The van der Waals surface area contributed by atoms with Crippen LogP contribution in [0.5, 0.6) is 0 Å². The number of fused-ring (bicyclic) bond motifs is 5. The maximum atomic E-state index is 12.8. The number of ether oxygens (including phenoxy) is 1. The van der Waals surface area contributed by atoms with Crippen molar-refractivity contribution in [2.75, 3.05) is 7.11 Å². The zero-order chi connectivity index (χ0) is 31.5. The monoisotopic (exact) mass is 638 g/mol. The lowest BCUT2D eigenvalue weighted by molar-refractivity contribution is -0.169. The number of rotatable bonds is 10. The lowest BCUT2D eigenvalue weighted by atomic mass is 9.43. The first kappa shape index (κ1) is 34.9. The van der Waals surface area contributed by atoms with Gasteiger partial charge in [0.15, 0.2) is 25.0 Å². The molecule has 0 heterocycles. The van der Waals surface area contributed by atoms with Crippen molar-refractivity contribution in [1.29, 1.82) is 0 Å². The quantitative estimate of drug-likeness (QED) is 0.176. The van der Waals surface area contributed by atoms with Crippen LogP contribution in [0.1, 0.15) is 78.6 Å². The molecule has 0 radical (unpaired) electrons. The van der Waals surface area contributed by atoms with Crippen LogP contribution in [-0.4, -0.2) is 56.3 Å². The summed E-state index contributed by atoms with van der Waals surface area (Å²) in [6, 6.07) is 0. The summed E-state index contributed by atoms with van der Waals surface area (Å²) in [5.74, 6) is 3.64. The van der Waals surface area contributed by atoms with Crippen molar-refractivity contribution in [2.24, 2.45) is 46.3 Å². The second kappa shape index (κ2) is 12.3. The predicted octanol–water partition coefficient (Wildman–Crippen LogP) is 9.11. The van der Waals surface area contributed by atoms with Gasteiger partial charge in [0.05, 0.1) is 7.11 Å². The van der Waals surface area contributed by atoms with E-state index in [1.54, 1.807) is 0 Å². The summed E-state index contributed by atoms with van der Waals surface area (Å²) >= 11 is 0. The number of esters is 1. The number of hydrogen-bond donors (Lipinski definition) is 0. The molecule has 4 aliphatic rings. The van der Waals surface area contributed by atoms with Crippen LogP contribution in [0, 0.1) is 46.3 Å². The third-order valence-corrected chi connectivity index (χ3v) is 15.0. The number of carbonyl (C=O) groups is 1. The predicted molar refractivity (Wildman–Crippen MR) is 181 cm³/mol. The van der Waals surface area contributed by atoms with Crippen LogP contribution >= 0.6 is 0 Å². The molecular formula is C34H66O5Si3. The molecule has 11 atom stereocenters. The fourth-order valence-corrected chi connectivity index (χ4v) is 14.0. The first-order valence-electron chi connectivity index (χ1n) is 17.3. The van der Waals surface area contributed by atoms with Crippen molar-refractivity contribution >= 4 is 30.9 Å². The molecule has 244 valence electrons. The van der Waals surface area contributed by atoms with Gasteiger partial charge in [-0.25, -0.2) is 4.79 Å². The highest BCUT2D eigenvalue weighted by Gasteiger charge is 2.63. The molecule has 0 saturated heterocycles. The van der Waals surface area contributed by atoms with Crippen molar-refractivity contribution in [1.82, 2.24) is 0 Å². The second-order valence-electron chi connectivity index (χ2n) is 18.3. The minimum Gasteiger partial charge on any atom is -0.467 e. The molecule has 0 amide bonds. The van der Waals surface area contributed by atoms with Crippen molar-refractivity contribution < 1.29 is 22.8 Å². The van der Waals surface area contributed by atoms with Crippen LogP contribution in [0.3, 0.4) is 0 Å². The Morgan fingerprint density at radius 3 is 1.95 bits per heavy atom. The standard InChI is InChI=1S/C34H66O5Si3/c1-23(20-30(32(35)36-4)39-42(11,12)13)26-14-15-27-31-28(17-19-34(26,27)3)33(2)18-16-25(37-40(5,6)7)21-24(33)22-29(31)38-41(8,9)10/h23-31H,14-22H2,1-13H3. The highest BCUT2D eigenvalue weighted by Crippen LogP contribution is 2.69. The number of methoxy groups -OCH3 is 1. The molecule has 4 rings (SSSR count). The third kappa shape index (κ3) is 7.51. The second-order valence-corrected chi connectivity index (χ2v) is 31.7. The topological polar surface area (TPSA) is 54.0 Å². The van der Waals surface area contributed by atoms with E-state index in [-0.39, 0.29) is 5.97 Å². The zero-order valence-corrected chi connectivity index (χ0v) is 32.6. The molecule has 0 bridgehead atoms. The fourth-order valence-electron chi connectivity index (χ4n) is 10.6. The van der Waals surface area contributed by atoms with Gasteiger partial charge in [0.1, 0.15) is 6.10 Å². The van der Waals surface area contributed by atoms with E-state index < -0.39 is 31.1 Å². The summed E-state index contributed by atoms with van der Waals surface area (Å²) in [5.41, 5.74) is 0.693. The Bertz CT molecular complexity index is 954. The molecule has 0 spiro atoms. The van der Waals surface area contributed by atoms with Gasteiger partial charge in [-0.2, -0.15) is 0 Å². The van der Waals surface area contributed by atoms with Gasteiger partial charge in [-0.15, -0.1) is 0 Å². The summed E-state index contributed by atoms with van der Waals surface area (Å²) in [7, 11) is -3.65. The van der Waals surface area contributed by atoms with E-state index in [4.69, 9.17) is 18.0 Å². The van der Waals surface area contributed by atoms with Gasteiger partial charge >= 0.3 is 5.97 Å². The molecule has 5 nitrogen and oxygen atoms in total. The molecular weight excluding hydrogens is 573 g/mol. The van der Waals surface area contributed by atoms with Gasteiger partial charge < -0.3 is 18.0 Å². The van der Waals surface area contributed by atoms with E-state index in [1.807, 2.05) is 0 Å². The van der Waals surface area contributed by atoms with E-state index >= 15 is 0 Å². The Balaban J connectivity index is 1.59.